The van der Waals surface area contributed by atoms with E-state index in [0.29, 0.717) is 40.9 Å². The summed E-state index contributed by atoms with van der Waals surface area (Å²) in [6.45, 7) is 5.64. The standard InChI is InChI=1S/C15H17N3O4/c1-7(2)10-6-9(11-8(3)18-22-13(11)16-10)12(19)17-15(4-5-15)14(20)21/h6-7H,4-5H2,1-3H3,(H,17,19)(H,20,21). The zero-order valence-corrected chi connectivity index (χ0v) is 12.6. The maximum absolute atomic E-state index is 12.6. The molecule has 2 aromatic heterocycles. The number of carbonyl (C=O) groups excluding carboxylic acids is 1. The van der Waals surface area contributed by atoms with Crippen LogP contribution in [0.2, 0.25) is 0 Å². The maximum Gasteiger partial charge on any atom is 0.329 e. The number of hydrogen-bond acceptors (Lipinski definition) is 5. The fraction of sp³-hybridized carbons (Fsp3) is 0.467. The van der Waals surface area contributed by atoms with Crippen molar-refractivity contribution < 1.29 is 19.2 Å². The van der Waals surface area contributed by atoms with Gasteiger partial charge in [0, 0.05) is 5.69 Å². The number of aryl methyl sites for hydroxylation is 1. The smallest absolute Gasteiger partial charge is 0.329 e. The molecule has 7 nitrogen and oxygen atoms in total. The Labute approximate surface area is 126 Å². The van der Waals surface area contributed by atoms with Gasteiger partial charge >= 0.3 is 5.97 Å². The number of hydrogen-bond donors (Lipinski definition) is 2. The molecule has 2 heterocycles. The summed E-state index contributed by atoms with van der Waals surface area (Å²) >= 11 is 0. The minimum atomic E-state index is -1.13. The molecule has 0 aliphatic heterocycles. The highest BCUT2D eigenvalue weighted by molar-refractivity contribution is 6.08. The van der Waals surface area contributed by atoms with E-state index in [2.05, 4.69) is 15.5 Å². The molecule has 2 N–H and O–H groups in total. The van der Waals surface area contributed by atoms with Crippen LogP contribution in [-0.4, -0.2) is 32.7 Å². The van der Waals surface area contributed by atoms with Crippen LogP contribution in [0.1, 0.15) is 54.4 Å². The van der Waals surface area contributed by atoms with E-state index >= 15 is 0 Å². The Morgan fingerprint density at radius 3 is 2.64 bits per heavy atom. The second kappa shape index (κ2) is 4.79. The van der Waals surface area contributed by atoms with Gasteiger partial charge in [-0.3, -0.25) is 4.79 Å². The molecule has 116 valence electrons. The highest BCUT2D eigenvalue weighted by Gasteiger charge is 2.51. The highest BCUT2D eigenvalue weighted by atomic mass is 16.5. The average Bonchev–Trinajstić information content (AvgIpc) is 3.15. The quantitative estimate of drug-likeness (QED) is 0.895. The predicted molar refractivity (Wildman–Crippen MR) is 77.7 cm³/mol. The average molecular weight is 303 g/mol. The third-order valence-corrected chi connectivity index (χ3v) is 3.99. The molecule has 22 heavy (non-hydrogen) atoms. The molecule has 0 atom stereocenters. The molecule has 1 aliphatic rings. The summed E-state index contributed by atoms with van der Waals surface area (Å²) in [5.41, 5.74) is 0.793. The molecule has 1 amide bonds. The second-order valence-electron chi connectivity index (χ2n) is 6.04. The van der Waals surface area contributed by atoms with Gasteiger partial charge < -0.3 is 14.9 Å². The number of aliphatic carboxylic acids is 1. The Morgan fingerprint density at radius 1 is 1.41 bits per heavy atom. The van der Waals surface area contributed by atoms with Gasteiger partial charge in [-0.1, -0.05) is 19.0 Å². The van der Waals surface area contributed by atoms with Crippen molar-refractivity contribution in [1.29, 1.82) is 0 Å². The van der Waals surface area contributed by atoms with E-state index in [9.17, 15) is 14.7 Å². The first-order chi connectivity index (χ1) is 10.3. The van der Waals surface area contributed by atoms with E-state index in [4.69, 9.17) is 4.52 Å². The predicted octanol–water partition coefficient (Wildman–Crippen LogP) is 2.00. The summed E-state index contributed by atoms with van der Waals surface area (Å²) in [5, 5.41) is 16.2. The number of aromatic nitrogens is 2. The first-order valence-corrected chi connectivity index (χ1v) is 7.17. The summed E-state index contributed by atoms with van der Waals surface area (Å²) in [6.07, 6.45) is 0.893. The van der Waals surface area contributed by atoms with Crippen LogP contribution in [-0.2, 0) is 4.79 Å². The third-order valence-electron chi connectivity index (χ3n) is 3.99. The number of nitrogens with zero attached hydrogens (tertiary/aromatic N) is 2. The minimum absolute atomic E-state index is 0.107. The summed E-state index contributed by atoms with van der Waals surface area (Å²) < 4.78 is 5.17. The van der Waals surface area contributed by atoms with E-state index in [1.165, 1.54) is 0 Å². The number of amides is 1. The zero-order chi connectivity index (χ0) is 16.1. The molecule has 3 rings (SSSR count). The van der Waals surface area contributed by atoms with Gasteiger partial charge in [-0.15, -0.1) is 0 Å². The van der Waals surface area contributed by atoms with Crippen molar-refractivity contribution in [2.24, 2.45) is 0 Å². The Bertz CT molecular complexity index is 774. The maximum atomic E-state index is 12.6. The molecule has 1 saturated carbocycles. The van der Waals surface area contributed by atoms with Crippen molar-refractivity contribution in [2.75, 3.05) is 0 Å². The van der Waals surface area contributed by atoms with Crippen molar-refractivity contribution in [3.63, 3.8) is 0 Å². The summed E-state index contributed by atoms with van der Waals surface area (Å²) in [7, 11) is 0. The van der Waals surface area contributed by atoms with E-state index in [0.717, 1.165) is 0 Å². The molecule has 0 bridgehead atoms. The van der Waals surface area contributed by atoms with Gasteiger partial charge in [0.2, 0.25) is 0 Å². The van der Waals surface area contributed by atoms with Crippen LogP contribution in [0.5, 0.6) is 0 Å². The van der Waals surface area contributed by atoms with E-state index in [1.807, 2.05) is 13.8 Å². The first-order valence-electron chi connectivity index (χ1n) is 7.17. The fourth-order valence-electron chi connectivity index (χ4n) is 2.39. The normalized spacial score (nSPS) is 16.0. The number of pyridine rings is 1. The van der Waals surface area contributed by atoms with E-state index < -0.39 is 17.4 Å². The molecule has 0 spiro atoms. The lowest BCUT2D eigenvalue weighted by atomic mass is 10.0. The Kier molecular flexibility index (Phi) is 3.16. The van der Waals surface area contributed by atoms with E-state index in [1.54, 1.807) is 13.0 Å². The SMILES string of the molecule is Cc1noc2nc(C(C)C)cc(C(=O)NC3(C(=O)O)CC3)c12. The third kappa shape index (κ3) is 2.22. The van der Waals surface area contributed by atoms with Crippen molar-refractivity contribution in [3.05, 3.63) is 23.0 Å². The molecular weight excluding hydrogens is 286 g/mol. The Hall–Kier alpha value is -2.44. The Morgan fingerprint density at radius 2 is 2.09 bits per heavy atom. The van der Waals surface area contributed by atoms with Crippen molar-refractivity contribution in [2.45, 2.75) is 45.1 Å². The molecule has 7 heteroatoms. The van der Waals surface area contributed by atoms with E-state index in [-0.39, 0.29) is 5.92 Å². The van der Waals surface area contributed by atoms with Crippen LogP contribution < -0.4 is 5.32 Å². The van der Waals surface area contributed by atoms with Crippen LogP contribution in [0.15, 0.2) is 10.6 Å². The van der Waals surface area contributed by atoms with Gasteiger partial charge in [0.05, 0.1) is 16.6 Å². The molecule has 2 aromatic rings. The minimum Gasteiger partial charge on any atom is -0.480 e. The zero-order valence-electron chi connectivity index (χ0n) is 12.6. The number of carboxylic acids is 1. The van der Waals surface area contributed by atoms with Crippen molar-refractivity contribution in [3.8, 4) is 0 Å². The van der Waals surface area contributed by atoms with Crippen LogP contribution >= 0.6 is 0 Å². The van der Waals surface area contributed by atoms with Gasteiger partial charge in [-0.25, -0.2) is 9.78 Å². The van der Waals surface area contributed by atoms with Gasteiger partial charge in [0.15, 0.2) is 0 Å². The molecule has 1 fully saturated rings. The van der Waals surface area contributed by atoms with Gasteiger partial charge in [-0.2, -0.15) is 0 Å². The monoisotopic (exact) mass is 303 g/mol. The highest BCUT2D eigenvalue weighted by Crippen LogP contribution is 2.36. The summed E-state index contributed by atoms with van der Waals surface area (Å²) in [4.78, 5) is 28.2. The number of fused-ring (bicyclic) bond motifs is 1. The lowest BCUT2D eigenvalue weighted by molar-refractivity contribution is -0.140. The Balaban J connectivity index is 2.06. The second-order valence-corrected chi connectivity index (χ2v) is 6.04. The van der Waals surface area contributed by atoms with Gasteiger partial charge in [-0.05, 0) is 31.7 Å². The van der Waals surface area contributed by atoms with Crippen LogP contribution in [0.25, 0.3) is 11.1 Å². The number of carbonyl (C=O) groups is 2. The topological polar surface area (TPSA) is 105 Å². The van der Waals surface area contributed by atoms with Crippen LogP contribution in [0.4, 0.5) is 0 Å². The van der Waals surface area contributed by atoms with Gasteiger partial charge in [0.1, 0.15) is 5.54 Å². The molecule has 1 aliphatic carbocycles. The lowest BCUT2D eigenvalue weighted by Crippen LogP contribution is -2.43. The molecule has 0 aromatic carbocycles. The first kappa shape index (κ1) is 14.5. The fourth-order valence-corrected chi connectivity index (χ4v) is 2.39. The van der Waals surface area contributed by atoms with Crippen molar-refractivity contribution in [1.82, 2.24) is 15.5 Å². The number of rotatable bonds is 4. The lowest BCUT2D eigenvalue weighted by Gasteiger charge is -2.14. The molecule has 0 saturated heterocycles. The molecular formula is C15H17N3O4. The van der Waals surface area contributed by atoms with Crippen LogP contribution in [0.3, 0.4) is 0 Å². The van der Waals surface area contributed by atoms with Crippen LogP contribution in [0, 0.1) is 6.92 Å². The molecule has 0 radical (unpaired) electrons. The van der Waals surface area contributed by atoms with Crippen molar-refractivity contribution >= 4 is 23.0 Å². The number of carboxylic acid groups (broad SMARTS) is 1. The number of nitrogens with one attached hydrogen (secondary N) is 1. The summed E-state index contributed by atoms with van der Waals surface area (Å²) in [6, 6.07) is 1.68. The molecule has 0 unspecified atom stereocenters. The van der Waals surface area contributed by atoms with Gasteiger partial charge in [0.25, 0.3) is 11.6 Å². The summed E-state index contributed by atoms with van der Waals surface area (Å²) in [5.74, 6) is -1.33. The largest absolute Gasteiger partial charge is 0.480 e.